The van der Waals surface area contributed by atoms with Crippen molar-refractivity contribution in [3.05, 3.63) is 23.8 Å². The number of ketones is 1. The minimum absolute atomic E-state index is 0.0122. The first-order valence-corrected chi connectivity index (χ1v) is 21.3. The second-order valence-corrected chi connectivity index (χ2v) is 17.8. The Morgan fingerprint density at radius 3 is 2.42 bits per heavy atom. The summed E-state index contributed by atoms with van der Waals surface area (Å²) < 4.78 is 44.2. The molecule has 5 rings (SSSR count). The number of carbonyl (C=O) groups is 4. The molecular formula is C44H65N5O13. The minimum atomic E-state index is -1.88. The molecule has 0 unspecified atom stereocenters. The van der Waals surface area contributed by atoms with Crippen LogP contribution in [0.3, 0.4) is 0 Å². The van der Waals surface area contributed by atoms with Crippen molar-refractivity contribution in [2.24, 2.45) is 33.8 Å². The summed E-state index contributed by atoms with van der Waals surface area (Å²) in [6.45, 7) is 15.8. The molecule has 344 valence electrons. The molecule has 1 amide bonds. The number of nitrogens with two attached hydrogens (primary N) is 1. The summed E-state index contributed by atoms with van der Waals surface area (Å²) >= 11 is 0. The topological polar surface area (TPSA) is 233 Å². The van der Waals surface area contributed by atoms with Crippen LogP contribution in [0.5, 0.6) is 0 Å². The number of rotatable bonds is 8. The van der Waals surface area contributed by atoms with Gasteiger partial charge in [-0.1, -0.05) is 38.9 Å². The number of cyclic esters (lactones) is 1. The zero-order chi connectivity index (χ0) is 45.8. The number of carbonyl (C=O) groups excluding carboxylic acids is 4. The van der Waals surface area contributed by atoms with Gasteiger partial charge in [-0.3, -0.25) is 19.2 Å². The Morgan fingerprint density at radius 2 is 1.77 bits per heavy atom. The van der Waals surface area contributed by atoms with Crippen molar-refractivity contribution in [1.29, 1.82) is 0 Å². The second kappa shape index (κ2) is 20.0. The van der Waals surface area contributed by atoms with Gasteiger partial charge in [-0.05, 0) is 84.7 Å². The van der Waals surface area contributed by atoms with E-state index in [1.165, 1.54) is 27.7 Å². The van der Waals surface area contributed by atoms with Crippen LogP contribution in [0.4, 0.5) is 6.01 Å². The molecule has 0 saturated carbocycles. The van der Waals surface area contributed by atoms with E-state index in [1.807, 2.05) is 32.8 Å². The Hall–Kier alpha value is -4.33. The Kier molecular flexibility index (Phi) is 15.7. The molecule has 18 heteroatoms. The standard InChI is InChI=1S/C44H65N5O13/c1-13-34-44(10,54)39-24(4)35(46-27(7)50)22(2)18-43(9,56-21-30(20-55-39)48-57-19-29-14-15-33-31(17-29)47-42(45)60-33)38(25(5)36(52)26(6)40(53)61-34)62-41-37(59-28(8)51)32(49(11)12)16-23(3)58-41/h14-15,17,22-26,32,34,37-39,41,54H,13,16,18-21H2,1-12H3,(H2,45,47)/b46-35+,48-30?/t22-,23-,24+,25+,26-,32+,34-,37-,38-,39-,41+,43-,44-/m1/s1. The van der Waals surface area contributed by atoms with Gasteiger partial charge in [0.25, 0.3) is 6.01 Å². The maximum Gasteiger partial charge on any atom is 0.316 e. The van der Waals surface area contributed by atoms with Gasteiger partial charge in [0.15, 0.2) is 23.8 Å². The SMILES string of the molecule is CC[C@H]1OC(=O)[C@H](C)C(=O)[C@H](C)[C@@H](O[C@@H]2O[C@H](C)C[C@H](N(C)C)[C@H]2OC(C)=O)[C@@]2(C)C[C@@H](C)/C(=N\C(C)=O)[C@H](C)[C@@H](OCC(=NOCc3ccc4oc(N)nc4c3)CO2)[C@]1(C)O. The molecule has 2 aromatic rings. The highest BCUT2D eigenvalue weighted by Gasteiger charge is 2.53. The highest BCUT2D eigenvalue weighted by Crippen LogP contribution is 2.40. The normalized spacial score (nSPS) is 36.8. The van der Waals surface area contributed by atoms with Crippen LogP contribution in [0, 0.1) is 23.7 Å². The molecule has 3 fully saturated rings. The molecule has 0 spiro atoms. The molecule has 18 nitrogen and oxygen atoms in total. The van der Waals surface area contributed by atoms with Crippen molar-refractivity contribution in [3.63, 3.8) is 0 Å². The first-order chi connectivity index (χ1) is 29.1. The molecule has 4 heterocycles. The van der Waals surface area contributed by atoms with Crippen molar-refractivity contribution in [3.8, 4) is 0 Å². The van der Waals surface area contributed by atoms with Crippen molar-refractivity contribution >= 4 is 52.2 Å². The highest BCUT2D eigenvalue weighted by molar-refractivity contribution is 6.00. The fraction of sp³-hybridized carbons (Fsp3) is 0.705. The number of ether oxygens (including phenoxy) is 6. The number of nitrogens with zero attached hydrogens (tertiary/aromatic N) is 4. The molecule has 3 N–H and O–H groups in total. The van der Waals surface area contributed by atoms with E-state index >= 15 is 0 Å². The quantitative estimate of drug-likeness (QED) is 0.212. The average Bonchev–Trinajstić information content (AvgIpc) is 3.57. The van der Waals surface area contributed by atoms with Gasteiger partial charge in [0.05, 0.1) is 43.2 Å². The van der Waals surface area contributed by atoms with E-state index in [9.17, 15) is 24.3 Å². The molecule has 0 radical (unpaired) electrons. The van der Waals surface area contributed by atoms with Gasteiger partial charge in [-0.25, -0.2) is 4.99 Å². The molecule has 3 saturated heterocycles. The summed E-state index contributed by atoms with van der Waals surface area (Å²) in [5.74, 6) is -6.09. The minimum Gasteiger partial charge on any atom is -0.459 e. The number of anilines is 1. The predicted octanol–water partition coefficient (Wildman–Crippen LogP) is 4.42. The van der Waals surface area contributed by atoms with Crippen molar-refractivity contribution in [2.45, 2.75) is 149 Å². The monoisotopic (exact) mass is 871 g/mol. The summed E-state index contributed by atoms with van der Waals surface area (Å²) in [7, 11) is 3.73. The lowest BCUT2D eigenvalue weighted by Gasteiger charge is -2.48. The number of aliphatic hydroxyl groups is 1. The first kappa shape index (κ1) is 48.7. The number of oxime groups is 1. The molecule has 13 atom stereocenters. The van der Waals surface area contributed by atoms with Gasteiger partial charge in [-0.15, -0.1) is 0 Å². The molecule has 0 aliphatic carbocycles. The zero-order valence-electron chi connectivity index (χ0n) is 38.0. The van der Waals surface area contributed by atoms with Crippen LogP contribution < -0.4 is 5.73 Å². The van der Waals surface area contributed by atoms with Crippen LogP contribution in [-0.4, -0.2) is 131 Å². The van der Waals surface area contributed by atoms with Gasteiger partial charge in [-0.2, -0.15) is 4.98 Å². The summed E-state index contributed by atoms with van der Waals surface area (Å²) in [6.07, 6.45) is -5.17. The van der Waals surface area contributed by atoms with Gasteiger partial charge < -0.3 is 53.4 Å². The van der Waals surface area contributed by atoms with Crippen LogP contribution in [0.2, 0.25) is 0 Å². The average molecular weight is 872 g/mol. The van der Waals surface area contributed by atoms with E-state index in [0.29, 0.717) is 28.8 Å². The van der Waals surface area contributed by atoms with Crippen LogP contribution in [0.25, 0.3) is 11.1 Å². The number of oxazole rings is 1. The number of likely N-dealkylation sites (N-methyl/N-ethyl adjacent to an activating group) is 1. The molecule has 1 aromatic heterocycles. The molecule has 2 bridgehead atoms. The second-order valence-electron chi connectivity index (χ2n) is 17.8. The Labute approximate surface area is 363 Å². The molecule has 3 aliphatic rings. The summed E-state index contributed by atoms with van der Waals surface area (Å²) in [5.41, 5.74) is 4.83. The number of amides is 1. The largest absolute Gasteiger partial charge is 0.459 e. The molecular weight excluding hydrogens is 807 g/mol. The third-order valence-electron chi connectivity index (χ3n) is 12.3. The Balaban J connectivity index is 1.69. The first-order valence-electron chi connectivity index (χ1n) is 21.3. The van der Waals surface area contributed by atoms with Gasteiger partial charge in [0.2, 0.25) is 5.91 Å². The fourth-order valence-corrected chi connectivity index (χ4v) is 9.19. The molecule has 62 heavy (non-hydrogen) atoms. The van der Waals surface area contributed by atoms with Gasteiger partial charge >= 0.3 is 11.9 Å². The van der Waals surface area contributed by atoms with E-state index in [0.717, 1.165) is 0 Å². The molecule has 3 aliphatic heterocycles. The van der Waals surface area contributed by atoms with E-state index in [2.05, 4.69) is 15.1 Å². The van der Waals surface area contributed by atoms with Crippen LogP contribution in [0.15, 0.2) is 32.8 Å². The van der Waals surface area contributed by atoms with E-state index in [1.54, 1.807) is 45.9 Å². The fourth-order valence-electron chi connectivity index (χ4n) is 9.19. The van der Waals surface area contributed by atoms with Gasteiger partial charge in [0, 0.05) is 31.4 Å². The van der Waals surface area contributed by atoms with Crippen LogP contribution >= 0.6 is 0 Å². The highest BCUT2D eigenvalue weighted by atomic mass is 16.7. The number of esters is 2. The zero-order valence-corrected chi connectivity index (χ0v) is 38.0. The van der Waals surface area contributed by atoms with E-state index in [-0.39, 0.29) is 56.5 Å². The smallest absolute Gasteiger partial charge is 0.316 e. The number of benzene rings is 1. The number of aromatic nitrogens is 1. The Bertz CT molecular complexity index is 2000. The maximum atomic E-state index is 14.6. The summed E-state index contributed by atoms with van der Waals surface area (Å²) in [4.78, 5) is 70.6. The van der Waals surface area contributed by atoms with Crippen molar-refractivity contribution in [2.75, 3.05) is 33.0 Å². The van der Waals surface area contributed by atoms with E-state index < -0.39 is 89.2 Å². The number of Topliss-reactive ketones (excluding diaryl/α,β-unsaturated/α-hetero) is 1. The van der Waals surface area contributed by atoms with Gasteiger partial charge in [0.1, 0.15) is 35.5 Å². The lowest BCUT2D eigenvalue weighted by Crippen LogP contribution is -2.60. The van der Waals surface area contributed by atoms with Crippen molar-refractivity contribution < 1.29 is 62.0 Å². The summed E-state index contributed by atoms with van der Waals surface area (Å²) in [5, 5.41) is 16.9. The Morgan fingerprint density at radius 1 is 1.06 bits per heavy atom. The third kappa shape index (κ3) is 11.1. The number of fused-ring (bicyclic) bond motifs is 6. The lowest BCUT2D eigenvalue weighted by atomic mass is 9.73. The number of aliphatic imine (C=N–C) groups is 1. The lowest BCUT2D eigenvalue weighted by molar-refractivity contribution is -0.298. The van der Waals surface area contributed by atoms with E-state index in [4.69, 9.17) is 43.4 Å². The predicted molar refractivity (Wildman–Crippen MR) is 227 cm³/mol. The van der Waals surface area contributed by atoms with Crippen molar-refractivity contribution in [1.82, 2.24) is 9.88 Å². The number of hydrogen-bond donors (Lipinski definition) is 2. The maximum absolute atomic E-state index is 14.6. The summed E-state index contributed by atoms with van der Waals surface area (Å²) in [6, 6.07) is 4.98. The van der Waals surface area contributed by atoms with Crippen LogP contribution in [0.1, 0.15) is 94.1 Å². The number of nitrogen functional groups attached to an aromatic ring is 1. The third-order valence-corrected chi connectivity index (χ3v) is 12.3. The molecule has 1 aromatic carbocycles. The number of hydrogen-bond acceptors (Lipinski definition) is 17. The van der Waals surface area contributed by atoms with Crippen LogP contribution in [-0.2, 0) is 59.0 Å².